The van der Waals surface area contributed by atoms with Crippen molar-refractivity contribution in [2.45, 2.75) is 19.0 Å². The molecule has 1 fully saturated rings. The van der Waals surface area contributed by atoms with Crippen molar-refractivity contribution >= 4 is 17.5 Å². The maximum Gasteiger partial charge on any atom is 0.238 e. The first-order valence-corrected chi connectivity index (χ1v) is 10.2. The summed E-state index contributed by atoms with van der Waals surface area (Å²) in [7, 11) is 3.36. The van der Waals surface area contributed by atoms with E-state index in [1.165, 1.54) is 5.56 Å². The van der Waals surface area contributed by atoms with E-state index in [-0.39, 0.29) is 30.9 Å². The molecule has 2 aromatic carbocycles. The quantitative estimate of drug-likeness (QED) is 0.661. The molecule has 0 spiro atoms. The number of hydrogen-bond acceptors (Lipinski definition) is 5. The maximum atomic E-state index is 12.4. The number of nitrogens with one attached hydrogen (secondary N) is 2. The summed E-state index contributed by atoms with van der Waals surface area (Å²) >= 11 is 0. The summed E-state index contributed by atoms with van der Waals surface area (Å²) < 4.78 is 5.10. The lowest BCUT2D eigenvalue weighted by Crippen LogP contribution is -2.43. The Bertz CT molecular complexity index is 826. The molecule has 7 nitrogen and oxygen atoms in total. The number of anilines is 1. The molecule has 7 heteroatoms. The lowest BCUT2D eigenvalue weighted by molar-refractivity contribution is -0.123. The number of ether oxygens (including phenoxy) is 1. The second-order valence-electron chi connectivity index (χ2n) is 7.72. The molecule has 30 heavy (non-hydrogen) atoms. The number of carbonyl (C=O) groups excluding carboxylic acids is 2. The van der Waals surface area contributed by atoms with Crippen LogP contribution >= 0.6 is 0 Å². The molecule has 0 saturated carbocycles. The molecule has 0 radical (unpaired) electrons. The molecular formula is C23H30N4O3. The van der Waals surface area contributed by atoms with Gasteiger partial charge in [0.05, 0.1) is 20.2 Å². The van der Waals surface area contributed by atoms with Crippen molar-refractivity contribution < 1.29 is 14.3 Å². The molecule has 1 atom stereocenters. The number of likely N-dealkylation sites (tertiary alicyclic amines) is 1. The van der Waals surface area contributed by atoms with Crippen LogP contribution in [0, 0.1) is 0 Å². The van der Waals surface area contributed by atoms with Crippen LogP contribution in [0.5, 0.6) is 5.75 Å². The summed E-state index contributed by atoms with van der Waals surface area (Å²) in [5, 5.41) is 5.92. The summed E-state index contributed by atoms with van der Waals surface area (Å²) in [5.41, 5.74) is 1.98. The third-order valence-electron chi connectivity index (χ3n) is 5.09. The third-order valence-corrected chi connectivity index (χ3v) is 5.09. The first kappa shape index (κ1) is 21.8. The van der Waals surface area contributed by atoms with Crippen molar-refractivity contribution in [2.75, 3.05) is 45.7 Å². The monoisotopic (exact) mass is 410 g/mol. The number of rotatable bonds is 9. The molecule has 1 aliphatic rings. The van der Waals surface area contributed by atoms with E-state index in [0.717, 1.165) is 31.8 Å². The van der Waals surface area contributed by atoms with Crippen LogP contribution < -0.4 is 15.4 Å². The second-order valence-corrected chi connectivity index (χ2v) is 7.72. The predicted octanol–water partition coefficient (Wildman–Crippen LogP) is 1.96. The van der Waals surface area contributed by atoms with E-state index < -0.39 is 0 Å². The molecule has 2 amide bonds. The van der Waals surface area contributed by atoms with Crippen molar-refractivity contribution in [3.8, 4) is 5.75 Å². The highest BCUT2D eigenvalue weighted by molar-refractivity contribution is 5.92. The van der Waals surface area contributed by atoms with Gasteiger partial charge >= 0.3 is 0 Å². The van der Waals surface area contributed by atoms with Crippen molar-refractivity contribution in [1.82, 2.24) is 15.1 Å². The SMILES string of the molecule is COc1ccc(NC(=O)CN(C)CC(=O)N[C@H]2CCN(Cc3ccccc3)C2)cc1. The Labute approximate surface area is 178 Å². The zero-order valence-electron chi connectivity index (χ0n) is 17.6. The van der Waals surface area contributed by atoms with Crippen molar-refractivity contribution in [1.29, 1.82) is 0 Å². The van der Waals surface area contributed by atoms with E-state index in [2.05, 4.69) is 27.7 Å². The zero-order valence-corrected chi connectivity index (χ0v) is 17.6. The Balaban J connectivity index is 1.36. The summed E-state index contributed by atoms with van der Waals surface area (Å²) in [6.45, 7) is 3.05. The van der Waals surface area contributed by atoms with Gasteiger partial charge in [0.15, 0.2) is 0 Å². The molecule has 1 aliphatic heterocycles. The summed E-state index contributed by atoms with van der Waals surface area (Å²) in [4.78, 5) is 28.6. The molecule has 1 saturated heterocycles. The highest BCUT2D eigenvalue weighted by Gasteiger charge is 2.24. The number of amides is 2. The van der Waals surface area contributed by atoms with Gasteiger partial charge in [0.2, 0.25) is 11.8 Å². The van der Waals surface area contributed by atoms with E-state index in [9.17, 15) is 9.59 Å². The fraction of sp³-hybridized carbons (Fsp3) is 0.391. The van der Waals surface area contributed by atoms with Crippen LogP contribution in [-0.4, -0.2) is 68.0 Å². The summed E-state index contributed by atoms with van der Waals surface area (Å²) in [5.74, 6) is 0.516. The van der Waals surface area contributed by atoms with Crippen molar-refractivity contribution in [3.05, 3.63) is 60.2 Å². The minimum Gasteiger partial charge on any atom is -0.497 e. The van der Waals surface area contributed by atoms with E-state index in [1.807, 2.05) is 18.2 Å². The van der Waals surface area contributed by atoms with Gasteiger partial charge in [0.1, 0.15) is 5.75 Å². The van der Waals surface area contributed by atoms with Gasteiger partial charge in [0.25, 0.3) is 0 Å². The first-order valence-electron chi connectivity index (χ1n) is 10.2. The first-order chi connectivity index (χ1) is 14.5. The molecule has 0 aromatic heterocycles. The number of likely N-dealkylation sites (N-methyl/N-ethyl adjacent to an activating group) is 1. The van der Waals surface area contributed by atoms with Crippen molar-refractivity contribution in [2.24, 2.45) is 0 Å². The molecule has 2 aromatic rings. The number of methoxy groups -OCH3 is 1. The van der Waals surface area contributed by atoms with Crippen LogP contribution in [0.1, 0.15) is 12.0 Å². The third kappa shape index (κ3) is 6.86. The second kappa shape index (κ2) is 10.8. The van der Waals surface area contributed by atoms with Crippen LogP contribution in [0.15, 0.2) is 54.6 Å². The number of hydrogen-bond donors (Lipinski definition) is 2. The zero-order chi connectivity index (χ0) is 21.3. The average molecular weight is 411 g/mol. The van der Waals surface area contributed by atoms with Crippen LogP contribution in [-0.2, 0) is 16.1 Å². The molecule has 3 rings (SSSR count). The summed E-state index contributed by atoms with van der Waals surface area (Å²) in [6.07, 6.45) is 0.945. The van der Waals surface area contributed by atoms with Gasteiger partial charge in [-0.05, 0) is 43.3 Å². The van der Waals surface area contributed by atoms with E-state index in [1.54, 1.807) is 43.3 Å². The Kier molecular flexibility index (Phi) is 7.82. The Morgan fingerprint density at radius 3 is 2.47 bits per heavy atom. The van der Waals surface area contributed by atoms with E-state index >= 15 is 0 Å². The standard InChI is InChI=1S/C23H30N4O3/c1-26(16-22(28)24-19-8-10-21(30-2)11-9-19)17-23(29)25-20-12-13-27(15-20)14-18-6-4-3-5-7-18/h3-11,20H,12-17H2,1-2H3,(H,24,28)(H,25,29)/t20-/m0/s1. The lowest BCUT2D eigenvalue weighted by atomic mass is 10.2. The van der Waals surface area contributed by atoms with Gasteiger partial charge in [-0.3, -0.25) is 19.4 Å². The van der Waals surface area contributed by atoms with Crippen LogP contribution in [0.4, 0.5) is 5.69 Å². The predicted molar refractivity (Wildman–Crippen MR) is 117 cm³/mol. The molecule has 0 bridgehead atoms. The Morgan fingerprint density at radius 1 is 1.07 bits per heavy atom. The minimum absolute atomic E-state index is 0.0543. The summed E-state index contributed by atoms with van der Waals surface area (Å²) in [6, 6.07) is 17.7. The molecule has 2 N–H and O–H groups in total. The molecule has 1 heterocycles. The largest absolute Gasteiger partial charge is 0.497 e. The van der Waals surface area contributed by atoms with Gasteiger partial charge in [-0.25, -0.2) is 0 Å². The Morgan fingerprint density at radius 2 is 1.77 bits per heavy atom. The van der Waals surface area contributed by atoms with Gasteiger partial charge in [-0.2, -0.15) is 0 Å². The van der Waals surface area contributed by atoms with Crippen LogP contribution in [0.25, 0.3) is 0 Å². The van der Waals surface area contributed by atoms with Gasteiger partial charge in [-0.1, -0.05) is 30.3 Å². The topological polar surface area (TPSA) is 73.9 Å². The molecule has 0 unspecified atom stereocenters. The van der Waals surface area contributed by atoms with Gasteiger partial charge < -0.3 is 15.4 Å². The van der Waals surface area contributed by atoms with Crippen LogP contribution in [0.3, 0.4) is 0 Å². The van der Waals surface area contributed by atoms with Crippen molar-refractivity contribution in [3.63, 3.8) is 0 Å². The lowest BCUT2D eigenvalue weighted by Gasteiger charge is -2.19. The van der Waals surface area contributed by atoms with Gasteiger partial charge in [0, 0.05) is 31.4 Å². The van der Waals surface area contributed by atoms with Crippen LogP contribution in [0.2, 0.25) is 0 Å². The normalized spacial score (nSPS) is 16.4. The fourth-order valence-electron chi connectivity index (χ4n) is 3.63. The number of carbonyl (C=O) groups is 2. The average Bonchev–Trinajstić information content (AvgIpc) is 3.15. The van der Waals surface area contributed by atoms with E-state index in [4.69, 9.17) is 4.74 Å². The number of benzene rings is 2. The molecule has 160 valence electrons. The highest BCUT2D eigenvalue weighted by Crippen LogP contribution is 2.15. The molecular weight excluding hydrogens is 380 g/mol. The minimum atomic E-state index is -0.162. The highest BCUT2D eigenvalue weighted by atomic mass is 16.5. The molecule has 0 aliphatic carbocycles. The smallest absolute Gasteiger partial charge is 0.238 e. The Hall–Kier alpha value is -2.90. The van der Waals surface area contributed by atoms with Gasteiger partial charge in [-0.15, -0.1) is 0 Å². The van der Waals surface area contributed by atoms with E-state index in [0.29, 0.717) is 5.69 Å². The fourth-order valence-corrected chi connectivity index (χ4v) is 3.63. The number of nitrogens with zero attached hydrogens (tertiary/aromatic N) is 2. The maximum absolute atomic E-state index is 12.4.